The highest BCUT2D eigenvalue weighted by molar-refractivity contribution is 5.99. The normalized spacial score (nSPS) is 20.0. The van der Waals surface area contributed by atoms with E-state index in [2.05, 4.69) is 24.1 Å². The molecule has 33 heavy (non-hydrogen) atoms. The standard InChI is InChI=1S/C26H33FN4O2/c1-16(2)29-12-6-9-20(29)14-28-25(32)23-15-30(19-7-4-5-8-19)26(33)24-17(3)21-13-18(27)10-11-22(21)31(23)24/h10-11,13,15-16,19-20H,4-9,12,14H2,1-3H3,(H,28,32)/t20-/m0/s1. The maximum Gasteiger partial charge on any atom is 0.275 e. The Morgan fingerprint density at radius 1 is 1.18 bits per heavy atom. The van der Waals surface area contributed by atoms with E-state index in [1.54, 1.807) is 21.2 Å². The van der Waals surface area contributed by atoms with Crippen LogP contribution in [-0.2, 0) is 0 Å². The van der Waals surface area contributed by atoms with Gasteiger partial charge in [0, 0.05) is 36.3 Å². The highest BCUT2D eigenvalue weighted by atomic mass is 19.1. The van der Waals surface area contributed by atoms with Gasteiger partial charge in [-0.05, 0) is 76.8 Å². The molecular weight excluding hydrogens is 419 g/mol. The third kappa shape index (κ3) is 3.76. The number of amides is 1. The summed E-state index contributed by atoms with van der Waals surface area (Å²) < 4.78 is 17.5. The fraction of sp³-hybridized carbons (Fsp3) is 0.538. The maximum absolute atomic E-state index is 14.0. The molecule has 6 nitrogen and oxygen atoms in total. The molecule has 3 heterocycles. The van der Waals surface area contributed by atoms with Gasteiger partial charge in [0.2, 0.25) is 0 Å². The van der Waals surface area contributed by atoms with Gasteiger partial charge in [-0.2, -0.15) is 0 Å². The van der Waals surface area contributed by atoms with Crippen LogP contribution >= 0.6 is 0 Å². The Balaban J connectivity index is 1.61. The average Bonchev–Trinajstić information content (AvgIpc) is 3.53. The van der Waals surface area contributed by atoms with Gasteiger partial charge in [-0.15, -0.1) is 0 Å². The van der Waals surface area contributed by atoms with E-state index in [4.69, 9.17) is 0 Å². The van der Waals surface area contributed by atoms with E-state index in [9.17, 15) is 14.0 Å². The van der Waals surface area contributed by atoms with Crippen molar-refractivity contribution in [2.24, 2.45) is 0 Å². The topological polar surface area (TPSA) is 58.8 Å². The summed E-state index contributed by atoms with van der Waals surface area (Å²) in [6, 6.07) is 5.38. The molecule has 7 heteroatoms. The van der Waals surface area contributed by atoms with E-state index >= 15 is 0 Å². The number of benzene rings is 1. The molecule has 0 unspecified atom stereocenters. The summed E-state index contributed by atoms with van der Waals surface area (Å²) in [5.74, 6) is -0.540. The monoisotopic (exact) mass is 452 g/mol. The molecule has 1 aromatic carbocycles. The molecule has 1 amide bonds. The molecule has 176 valence electrons. The van der Waals surface area contributed by atoms with E-state index in [1.807, 2.05) is 6.92 Å². The SMILES string of the molecule is Cc1c2cc(F)ccc2n2c(C(=O)NC[C@@H]3CCCN3C(C)C)cn(C3CCCC3)c(=O)c12. The van der Waals surface area contributed by atoms with E-state index in [0.29, 0.717) is 40.7 Å². The molecule has 3 aromatic rings. The van der Waals surface area contributed by atoms with E-state index in [0.717, 1.165) is 50.6 Å². The number of nitrogens with zero attached hydrogens (tertiary/aromatic N) is 3. The molecule has 2 aliphatic rings. The van der Waals surface area contributed by atoms with Gasteiger partial charge in [-0.1, -0.05) is 12.8 Å². The summed E-state index contributed by atoms with van der Waals surface area (Å²) in [5.41, 5.74) is 2.22. The predicted octanol–water partition coefficient (Wildman–Crippen LogP) is 4.42. The van der Waals surface area contributed by atoms with Crippen LogP contribution in [0.2, 0.25) is 0 Å². The van der Waals surface area contributed by atoms with Crippen molar-refractivity contribution in [1.29, 1.82) is 0 Å². The molecule has 1 saturated carbocycles. The van der Waals surface area contributed by atoms with Crippen molar-refractivity contribution in [3.8, 4) is 0 Å². The number of nitrogens with one attached hydrogen (secondary N) is 1. The summed E-state index contributed by atoms with van der Waals surface area (Å²) in [6.45, 7) is 7.86. The van der Waals surface area contributed by atoms with Gasteiger partial charge in [-0.3, -0.25) is 18.9 Å². The van der Waals surface area contributed by atoms with Crippen molar-refractivity contribution in [2.75, 3.05) is 13.1 Å². The summed E-state index contributed by atoms with van der Waals surface area (Å²) in [4.78, 5) is 29.5. The molecule has 0 bridgehead atoms. The highest BCUT2D eigenvalue weighted by Crippen LogP contribution is 2.31. The number of hydrogen-bond donors (Lipinski definition) is 1. The van der Waals surface area contributed by atoms with Crippen LogP contribution in [0, 0.1) is 12.7 Å². The Bertz CT molecular complexity index is 1270. The molecule has 1 atom stereocenters. The van der Waals surface area contributed by atoms with Crippen molar-refractivity contribution in [3.05, 3.63) is 51.8 Å². The first kappa shape index (κ1) is 22.1. The molecule has 0 spiro atoms. The van der Waals surface area contributed by atoms with Crippen molar-refractivity contribution in [2.45, 2.75) is 77.4 Å². The zero-order chi connectivity index (χ0) is 23.3. The Morgan fingerprint density at radius 3 is 2.67 bits per heavy atom. The third-order valence-electron chi connectivity index (χ3n) is 7.66. The number of rotatable bonds is 5. The summed E-state index contributed by atoms with van der Waals surface area (Å²) in [7, 11) is 0. The molecule has 1 aliphatic heterocycles. The first-order chi connectivity index (χ1) is 15.9. The van der Waals surface area contributed by atoms with Crippen LogP contribution in [0.4, 0.5) is 4.39 Å². The van der Waals surface area contributed by atoms with Gasteiger partial charge in [0.25, 0.3) is 11.5 Å². The lowest BCUT2D eigenvalue weighted by Crippen LogP contribution is -2.43. The lowest BCUT2D eigenvalue weighted by molar-refractivity contribution is 0.0928. The Morgan fingerprint density at radius 2 is 1.94 bits per heavy atom. The van der Waals surface area contributed by atoms with Crippen LogP contribution in [-0.4, -0.2) is 44.9 Å². The van der Waals surface area contributed by atoms with Crippen molar-refractivity contribution in [3.63, 3.8) is 0 Å². The molecule has 1 aliphatic carbocycles. The number of aromatic nitrogens is 2. The third-order valence-corrected chi connectivity index (χ3v) is 7.66. The lowest BCUT2D eigenvalue weighted by atomic mass is 10.1. The Kier molecular flexibility index (Phi) is 5.77. The fourth-order valence-electron chi connectivity index (χ4n) is 5.97. The second kappa shape index (κ2) is 8.60. The number of halogens is 1. The minimum absolute atomic E-state index is 0.102. The number of aryl methyl sites for hydroxylation is 1. The quantitative estimate of drug-likeness (QED) is 0.624. The van der Waals surface area contributed by atoms with Crippen LogP contribution in [0.25, 0.3) is 16.4 Å². The zero-order valence-electron chi connectivity index (χ0n) is 19.7. The largest absolute Gasteiger partial charge is 0.349 e. The Hall–Kier alpha value is -2.67. The molecule has 0 radical (unpaired) electrons. The van der Waals surface area contributed by atoms with Crippen LogP contribution < -0.4 is 10.9 Å². The smallest absolute Gasteiger partial charge is 0.275 e. The van der Waals surface area contributed by atoms with Gasteiger partial charge in [0.05, 0.1) is 5.52 Å². The van der Waals surface area contributed by atoms with Crippen LogP contribution in [0.3, 0.4) is 0 Å². The van der Waals surface area contributed by atoms with E-state index in [-0.39, 0.29) is 23.3 Å². The predicted molar refractivity (Wildman–Crippen MR) is 129 cm³/mol. The van der Waals surface area contributed by atoms with Crippen molar-refractivity contribution in [1.82, 2.24) is 19.2 Å². The zero-order valence-corrected chi connectivity index (χ0v) is 19.7. The number of hydrogen-bond acceptors (Lipinski definition) is 3. The number of carbonyl (C=O) groups is 1. The van der Waals surface area contributed by atoms with E-state index < -0.39 is 0 Å². The number of fused-ring (bicyclic) bond motifs is 3. The van der Waals surface area contributed by atoms with Gasteiger partial charge < -0.3 is 9.88 Å². The van der Waals surface area contributed by atoms with Gasteiger partial charge in [0.1, 0.15) is 17.0 Å². The minimum Gasteiger partial charge on any atom is -0.349 e. The summed E-state index contributed by atoms with van der Waals surface area (Å²) in [5, 5.41) is 3.82. The number of likely N-dealkylation sites (tertiary alicyclic amines) is 1. The van der Waals surface area contributed by atoms with Crippen LogP contribution in [0.5, 0.6) is 0 Å². The molecule has 5 rings (SSSR count). The molecule has 2 aromatic heterocycles. The average molecular weight is 453 g/mol. The maximum atomic E-state index is 14.0. The first-order valence-corrected chi connectivity index (χ1v) is 12.3. The van der Waals surface area contributed by atoms with Crippen molar-refractivity contribution < 1.29 is 9.18 Å². The fourth-order valence-corrected chi connectivity index (χ4v) is 5.97. The van der Waals surface area contributed by atoms with E-state index in [1.165, 1.54) is 12.1 Å². The van der Waals surface area contributed by atoms with Crippen LogP contribution in [0.1, 0.15) is 74.5 Å². The second-order valence-electron chi connectivity index (χ2n) is 9.97. The first-order valence-electron chi connectivity index (χ1n) is 12.3. The summed E-state index contributed by atoms with van der Waals surface area (Å²) >= 11 is 0. The molecule has 1 saturated heterocycles. The van der Waals surface area contributed by atoms with Crippen molar-refractivity contribution >= 4 is 22.3 Å². The molecular formula is C26H33FN4O2. The Labute approximate surface area is 193 Å². The van der Waals surface area contributed by atoms with Gasteiger partial charge in [0.15, 0.2) is 0 Å². The summed E-state index contributed by atoms with van der Waals surface area (Å²) in [6.07, 6.45) is 8.00. The van der Waals surface area contributed by atoms with Crippen LogP contribution in [0.15, 0.2) is 29.2 Å². The van der Waals surface area contributed by atoms with Gasteiger partial charge >= 0.3 is 0 Å². The minimum atomic E-state index is -0.348. The highest BCUT2D eigenvalue weighted by Gasteiger charge is 2.29. The second-order valence-corrected chi connectivity index (χ2v) is 9.97. The molecule has 1 N–H and O–H groups in total. The molecule has 2 fully saturated rings. The number of carbonyl (C=O) groups excluding carboxylic acids is 1. The van der Waals surface area contributed by atoms with Gasteiger partial charge in [-0.25, -0.2) is 4.39 Å². The lowest BCUT2D eigenvalue weighted by Gasteiger charge is -2.28.